The number of nitrogens with zero attached hydrogens (tertiary/aromatic N) is 1. The fraction of sp³-hybridized carbons (Fsp3) is 0.833. The van der Waals surface area contributed by atoms with Crippen LogP contribution in [0.3, 0.4) is 0 Å². The van der Waals surface area contributed by atoms with Crippen LogP contribution in [0, 0.1) is 5.92 Å². The number of rotatable bonds is 14. The summed E-state index contributed by atoms with van der Waals surface area (Å²) in [6.07, 6.45) is 1.55. The molecule has 1 fully saturated rings. The average molecular weight is 386 g/mol. The summed E-state index contributed by atoms with van der Waals surface area (Å²) < 4.78 is 4.88. The molecule has 1 heterocycles. The maximum Gasteiger partial charge on any atom is 0.336 e. The summed E-state index contributed by atoms with van der Waals surface area (Å²) in [5.41, 5.74) is 11.1. The lowest BCUT2D eigenvalue weighted by molar-refractivity contribution is -0.138. The molecule has 0 aliphatic carbocycles. The van der Waals surface area contributed by atoms with E-state index < -0.39 is 30.1 Å². The number of carbonyl (C=O) groups excluding carboxylic acids is 2. The first-order valence-corrected chi connectivity index (χ1v) is 9.69. The zero-order valence-electron chi connectivity index (χ0n) is 16.4. The molecule has 3 unspecified atom stereocenters. The standard InChI is InChI=1S/C18H34N4O5/c1-12(2)11-13(21-16(23)14-15(27-14)18(25)26)17(24)22(9-5-3-7-19)10-6-4-8-20/h12-15H,3-11,19-20H2,1-2H3,(H,21,23)(H,25,26). The third-order valence-corrected chi connectivity index (χ3v) is 4.39. The van der Waals surface area contributed by atoms with Crippen molar-refractivity contribution in [1.82, 2.24) is 10.2 Å². The fourth-order valence-electron chi connectivity index (χ4n) is 2.89. The van der Waals surface area contributed by atoms with Gasteiger partial charge in [0, 0.05) is 13.1 Å². The van der Waals surface area contributed by atoms with Crippen LogP contribution in [0.25, 0.3) is 0 Å². The molecule has 9 heteroatoms. The molecule has 0 radical (unpaired) electrons. The first-order chi connectivity index (χ1) is 12.8. The lowest BCUT2D eigenvalue weighted by atomic mass is 10.0. The molecule has 9 nitrogen and oxygen atoms in total. The van der Waals surface area contributed by atoms with E-state index in [1.54, 1.807) is 4.90 Å². The number of nitrogens with one attached hydrogen (secondary N) is 1. The summed E-state index contributed by atoms with van der Waals surface area (Å²) in [5, 5.41) is 11.6. The van der Waals surface area contributed by atoms with Crippen LogP contribution in [0.2, 0.25) is 0 Å². The molecule has 1 aliphatic heterocycles. The molecule has 0 bridgehead atoms. The van der Waals surface area contributed by atoms with Gasteiger partial charge in [-0.05, 0) is 51.1 Å². The number of carboxylic acids is 1. The van der Waals surface area contributed by atoms with Crippen LogP contribution >= 0.6 is 0 Å². The Balaban J connectivity index is 2.75. The SMILES string of the molecule is CC(C)CC(NC(=O)C1OC1C(=O)O)C(=O)N(CCCCN)CCCCN. The third kappa shape index (κ3) is 8.23. The second kappa shape index (κ2) is 11.9. The van der Waals surface area contributed by atoms with Gasteiger partial charge in [0.1, 0.15) is 6.04 Å². The number of hydrogen-bond acceptors (Lipinski definition) is 6. The minimum Gasteiger partial charge on any atom is -0.479 e. The first kappa shape index (κ1) is 23.3. The lowest BCUT2D eigenvalue weighted by Crippen LogP contribution is -2.51. The molecule has 0 aromatic carbocycles. The van der Waals surface area contributed by atoms with E-state index in [9.17, 15) is 14.4 Å². The van der Waals surface area contributed by atoms with Gasteiger partial charge in [0.05, 0.1) is 0 Å². The van der Waals surface area contributed by atoms with Gasteiger partial charge in [0.15, 0.2) is 12.2 Å². The number of epoxide rings is 1. The largest absolute Gasteiger partial charge is 0.479 e. The van der Waals surface area contributed by atoms with Crippen LogP contribution in [-0.4, -0.2) is 72.2 Å². The van der Waals surface area contributed by atoms with Crippen molar-refractivity contribution in [1.29, 1.82) is 0 Å². The summed E-state index contributed by atoms with van der Waals surface area (Å²) in [7, 11) is 0. The number of amides is 2. The molecule has 0 aromatic rings. The Labute approximate surface area is 160 Å². The van der Waals surface area contributed by atoms with E-state index in [0.29, 0.717) is 32.6 Å². The van der Waals surface area contributed by atoms with Gasteiger partial charge in [-0.1, -0.05) is 13.8 Å². The van der Waals surface area contributed by atoms with Crippen molar-refractivity contribution in [3.8, 4) is 0 Å². The predicted molar refractivity (Wildman–Crippen MR) is 101 cm³/mol. The van der Waals surface area contributed by atoms with Crippen LogP contribution < -0.4 is 16.8 Å². The minimum absolute atomic E-state index is 0.154. The molecular weight excluding hydrogens is 352 g/mol. The summed E-state index contributed by atoms with van der Waals surface area (Å²) in [4.78, 5) is 37.9. The van der Waals surface area contributed by atoms with Crippen molar-refractivity contribution >= 4 is 17.8 Å². The Morgan fingerprint density at radius 3 is 2.00 bits per heavy atom. The molecule has 3 atom stereocenters. The summed E-state index contributed by atoms with van der Waals surface area (Å²) in [5.74, 6) is -1.69. The Kier molecular flexibility index (Phi) is 10.3. The monoisotopic (exact) mass is 386 g/mol. The highest BCUT2D eigenvalue weighted by atomic mass is 16.6. The van der Waals surface area contributed by atoms with E-state index >= 15 is 0 Å². The van der Waals surface area contributed by atoms with Crippen molar-refractivity contribution in [2.24, 2.45) is 17.4 Å². The van der Waals surface area contributed by atoms with Gasteiger partial charge < -0.3 is 31.5 Å². The molecule has 6 N–H and O–H groups in total. The van der Waals surface area contributed by atoms with Crippen LogP contribution in [0.1, 0.15) is 46.0 Å². The number of aliphatic carboxylic acids is 1. The molecule has 156 valence electrons. The van der Waals surface area contributed by atoms with Gasteiger partial charge in [-0.25, -0.2) is 4.79 Å². The van der Waals surface area contributed by atoms with E-state index in [2.05, 4.69) is 5.32 Å². The highest BCUT2D eigenvalue weighted by molar-refractivity contribution is 5.95. The molecule has 0 saturated carbocycles. The fourth-order valence-corrected chi connectivity index (χ4v) is 2.89. The summed E-state index contributed by atoms with van der Waals surface area (Å²) >= 11 is 0. The van der Waals surface area contributed by atoms with Crippen LogP contribution in [0.5, 0.6) is 0 Å². The normalized spacial score (nSPS) is 19.6. The quantitative estimate of drug-likeness (QED) is 0.236. The summed E-state index contributed by atoms with van der Waals surface area (Å²) in [6, 6.07) is -0.702. The zero-order valence-corrected chi connectivity index (χ0v) is 16.4. The lowest BCUT2D eigenvalue weighted by Gasteiger charge is -2.29. The number of hydrogen-bond donors (Lipinski definition) is 4. The smallest absolute Gasteiger partial charge is 0.336 e. The zero-order chi connectivity index (χ0) is 20.4. The van der Waals surface area contributed by atoms with E-state index in [0.717, 1.165) is 25.7 Å². The van der Waals surface area contributed by atoms with Crippen molar-refractivity contribution in [2.75, 3.05) is 26.2 Å². The number of nitrogens with two attached hydrogens (primary N) is 2. The number of carbonyl (C=O) groups is 3. The number of ether oxygens (including phenoxy) is 1. The second-order valence-corrected chi connectivity index (χ2v) is 7.32. The maximum absolute atomic E-state index is 13.1. The van der Waals surface area contributed by atoms with Gasteiger partial charge in [-0.2, -0.15) is 0 Å². The Morgan fingerprint density at radius 2 is 1.59 bits per heavy atom. The van der Waals surface area contributed by atoms with Gasteiger partial charge >= 0.3 is 5.97 Å². The number of carboxylic acid groups (broad SMARTS) is 1. The Bertz CT molecular complexity index is 490. The van der Waals surface area contributed by atoms with Gasteiger partial charge in [-0.3, -0.25) is 9.59 Å². The topological polar surface area (TPSA) is 151 Å². The van der Waals surface area contributed by atoms with Gasteiger partial charge in [0.25, 0.3) is 5.91 Å². The minimum atomic E-state index is -1.17. The molecule has 1 rings (SSSR count). The van der Waals surface area contributed by atoms with Crippen molar-refractivity contribution in [3.05, 3.63) is 0 Å². The maximum atomic E-state index is 13.1. The van der Waals surface area contributed by atoms with Crippen LogP contribution in [0.4, 0.5) is 0 Å². The first-order valence-electron chi connectivity index (χ1n) is 9.69. The highest BCUT2D eigenvalue weighted by Gasteiger charge is 2.51. The second-order valence-electron chi connectivity index (χ2n) is 7.32. The Hall–Kier alpha value is -1.71. The number of unbranched alkanes of at least 4 members (excludes halogenated alkanes) is 2. The van der Waals surface area contributed by atoms with Crippen molar-refractivity contribution in [3.63, 3.8) is 0 Å². The van der Waals surface area contributed by atoms with Crippen molar-refractivity contribution in [2.45, 2.75) is 64.2 Å². The molecule has 1 aliphatic rings. The third-order valence-electron chi connectivity index (χ3n) is 4.39. The average Bonchev–Trinajstić information content (AvgIpc) is 3.40. The van der Waals surface area contributed by atoms with E-state index in [-0.39, 0.29) is 11.8 Å². The molecule has 0 aromatic heterocycles. The predicted octanol–water partition coefficient (Wildman–Crippen LogP) is -0.324. The van der Waals surface area contributed by atoms with E-state index in [1.807, 2.05) is 13.8 Å². The summed E-state index contributed by atoms with van der Waals surface area (Å²) in [6.45, 7) is 6.20. The van der Waals surface area contributed by atoms with E-state index in [1.165, 1.54) is 0 Å². The molecule has 0 spiro atoms. The van der Waals surface area contributed by atoms with Gasteiger partial charge in [0.2, 0.25) is 5.91 Å². The molecule has 27 heavy (non-hydrogen) atoms. The molecule has 1 saturated heterocycles. The van der Waals surface area contributed by atoms with Crippen LogP contribution in [0.15, 0.2) is 0 Å². The van der Waals surface area contributed by atoms with E-state index in [4.69, 9.17) is 21.3 Å². The van der Waals surface area contributed by atoms with Gasteiger partial charge in [-0.15, -0.1) is 0 Å². The molecule has 2 amide bonds. The highest BCUT2D eigenvalue weighted by Crippen LogP contribution is 2.23. The Morgan fingerprint density at radius 1 is 1.04 bits per heavy atom. The van der Waals surface area contributed by atoms with Crippen molar-refractivity contribution < 1.29 is 24.2 Å². The van der Waals surface area contributed by atoms with Crippen LogP contribution in [-0.2, 0) is 19.1 Å². The molecular formula is C18H34N4O5.